The normalized spacial score (nSPS) is 17.8. The number of carbonyl (C=O) groups is 4. The summed E-state index contributed by atoms with van der Waals surface area (Å²) in [6, 6.07) is 15.4. The number of ether oxygens (including phenoxy) is 3. The van der Waals surface area contributed by atoms with Gasteiger partial charge in [-0.2, -0.15) is 0 Å². The predicted octanol–water partition coefficient (Wildman–Crippen LogP) is 9.37. The number of piperidine rings is 1. The molecule has 3 atom stereocenters. The first-order valence-corrected chi connectivity index (χ1v) is 24.5. The Balaban J connectivity index is 0.000000267. The summed E-state index contributed by atoms with van der Waals surface area (Å²) < 4.78 is 15.3. The zero-order valence-corrected chi connectivity index (χ0v) is 38.2. The molecule has 0 aliphatic carbocycles. The van der Waals surface area contributed by atoms with Gasteiger partial charge >= 0.3 is 17.9 Å². The minimum atomic E-state index is -0.578. The van der Waals surface area contributed by atoms with E-state index >= 15 is 0 Å². The van der Waals surface area contributed by atoms with Crippen LogP contribution in [0.3, 0.4) is 0 Å². The highest BCUT2D eigenvalue weighted by Crippen LogP contribution is 2.40. The number of thioether (sulfide) groups is 1. The second-order valence-corrected chi connectivity index (χ2v) is 14.6. The lowest BCUT2D eigenvalue weighted by atomic mass is 9.98. The van der Waals surface area contributed by atoms with Gasteiger partial charge in [0.1, 0.15) is 12.1 Å². The molecule has 1 fully saturated rings. The highest BCUT2D eigenvalue weighted by molar-refractivity contribution is 15.0. The molecule has 6 rings (SSSR count). The minimum absolute atomic E-state index is 0. The highest BCUT2D eigenvalue weighted by Gasteiger charge is 2.38. The molecule has 2 aromatic carbocycles. The third-order valence-corrected chi connectivity index (χ3v) is 11.4. The minimum Gasteiger partial charge on any atom is -0.468 e. The maximum Gasteiger partial charge on any atom is 0.336 e. The van der Waals surface area contributed by atoms with Crippen LogP contribution in [0.4, 0.5) is 0 Å². The summed E-state index contributed by atoms with van der Waals surface area (Å²) in [7, 11) is 2.76. The Hall–Kier alpha value is -1.26. The molecule has 0 radical (unpaired) electrons. The van der Waals surface area contributed by atoms with Crippen molar-refractivity contribution in [2.24, 2.45) is 0 Å². The summed E-state index contributed by atoms with van der Waals surface area (Å²) in [5.41, 5.74) is 3.61. The van der Waals surface area contributed by atoms with Crippen LogP contribution in [-0.4, -0.2) is 71.9 Å². The maximum atomic E-state index is 12.5. The second-order valence-electron chi connectivity index (χ2n) is 11.5. The molecular formula is C36H37Cl2I3N2O7S2. The number of fused-ring (bicyclic) bond motifs is 2. The van der Waals surface area contributed by atoms with Gasteiger partial charge in [0.05, 0.1) is 14.2 Å². The molecule has 1 saturated heterocycles. The van der Waals surface area contributed by atoms with E-state index in [9.17, 15) is 19.2 Å². The molecule has 3 aromatic rings. The van der Waals surface area contributed by atoms with Gasteiger partial charge in [0.25, 0.3) is 0 Å². The van der Waals surface area contributed by atoms with E-state index < -0.39 is 18.1 Å². The molecule has 0 bridgehead atoms. The van der Waals surface area contributed by atoms with E-state index in [4.69, 9.17) is 37.4 Å². The zero-order valence-electron chi connectivity index (χ0n) is 28.4. The molecule has 3 aliphatic rings. The van der Waals surface area contributed by atoms with Crippen LogP contribution in [-0.2, 0) is 41.6 Å². The summed E-state index contributed by atoms with van der Waals surface area (Å²) in [5.74, 6) is -1.07. The van der Waals surface area contributed by atoms with Crippen molar-refractivity contribution in [1.82, 2.24) is 9.80 Å². The topological polar surface area (TPSA) is 102 Å². The van der Waals surface area contributed by atoms with Crippen molar-refractivity contribution in [2.45, 2.75) is 43.6 Å². The van der Waals surface area contributed by atoms with E-state index in [0.29, 0.717) is 34.7 Å². The van der Waals surface area contributed by atoms with E-state index in [-0.39, 0.29) is 46.3 Å². The lowest BCUT2D eigenvalue weighted by molar-refractivity contribution is -0.148. The Bertz CT molecular complexity index is 1790. The van der Waals surface area contributed by atoms with Crippen LogP contribution in [0.15, 0.2) is 78.4 Å². The molecule has 0 N–H and O–H groups in total. The number of esters is 3. The zero-order chi connectivity index (χ0) is 37.1. The average molecular weight is 1130 g/mol. The summed E-state index contributed by atoms with van der Waals surface area (Å²) in [6.07, 6.45) is 6.33. The number of likely N-dealkylation sites (tertiary alicyclic amines) is 1. The SMILES string of the molecule is C/C=C/C(=O)Oc1cc2c(s1)CCN([C@H](C(=O)OC)c1ccccc1Cl)C2.COC(=O)[C@H](c1ccccc1Cl)N1CCC2SC(=O)C=C2C1.I.II. The van der Waals surface area contributed by atoms with Crippen molar-refractivity contribution < 1.29 is 33.4 Å². The Labute approximate surface area is 362 Å². The first-order valence-electron chi connectivity index (χ1n) is 15.8. The maximum absolute atomic E-state index is 12.5. The van der Waals surface area contributed by atoms with Crippen LogP contribution < -0.4 is 4.74 Å². The quantitative estimate of drug-likeness (QED) is 0.123. The summed E-state index contributed by atoms with van der Waals surface area (Å²) in [4.78, 5) is 53.3. The number of hydrogen-bond acceptors (Lipinski definition) is 11. The van der Waals surface area contributed by atoms with Gasteiger partial charge in [-0.15, -0.1) is 35.3 Å². The van der Waals surface area contributed by atoms with Crippen molar-refractivity contribution in [1.29, 1.82) is 0 Å². The van der Waals surface area contributed by atoms with E-state index in [1.54, 1.807) is 31.2 Å². The Morgan fingerprint density at radius 1 is 0.904 bits per heavy atom. The first kappa shape index (κ1) is 45.1. The lowest BCUT2D eigenvalue weighted by Gasteiger charge is -2.36. The summed E-state index contributed by atoms with van der Waals surface area (Å²) in [6.45, 7) is 4.32. The average Bonchev–Trinajstić information content (AvgIpc) is 3.72. The fourth-order valence-electron chi connectivity index (χ4n) is 6.13. The number of carbonyl (C=O) groups excluding carboxylic acids is 4. The Morgan fingerprint density at radius 3 is 2.00 bits per heavy atom. The van der Waals surface area contributed by atoms with E-state index in [2.05, 4.69) is 37.2 Å². The van der Waals surface area contributed by atoms with Gasteiger partial charge in [-0.1, -0.05) is 77.4 Å². The number of benzene rings is 2. The van der Waals surface area contributed by atoms with Gasteiger partial charge in [-0.3, -0.25) is 14.6 Å². The van der Waals surface area contributed by atoms with Crippen LogP contribution in [0.2, 0.25) is 10.0 Å². The van der Waals surface area contributed by atoms with Gasteiger partial charge in [0.2, 0.25) is 5.12 Å². The number of rotatable bonds is 8. The summed E-state index contributed by atoms with van der Waals surface area (Å²) >= 11 is 19.7. The van der Waals surface area contributed by atoms with E-state index in [1.807, 2.05) is 52.3 Å². The van der Waals surface area contributed by atoms with Gasteiger partial charge in [-0.05, 0) is 66.3 Å². The molecular weight excluding hydrogens is 1090 g/mol. The van der Waals surface area contributed by atoms with Crippen molar-refractivity contribution in [3.8, 4) is 5.06 Å². The molecule has 16 heteroatoms. The van der Waals surface area contributed by atoms with Gasteiger partial charge in [-0.25, -0.2) is 14.4 Å². The van der Waals surface area contributed by atoms with Crippen LogP contribution in [0, 0.1) is 0 Å². The molecule has 0 amide bonds. The largest absolute Gasteiger partial charge is 0.468 e. The number of methoxy groups -OCH3 is 2. The van der Waals surface area contributed by atoms with Crippen LogP contribution in [0.25, 0.3) is 0 Å². The molecule has 1 aromatic heterocycles. The van der Waals surface area contributed by atoms with Gasteiger partial charge in [0, 0.05) is 89.7 Å². The molecule has 0 spiro atoms. The molecule has 3 aliphatic heterocycles. The van der Waals surface area contributed by atoms with E-state index in [1.165, 1.54) is 43.4 Å². The molecule has 1 unspecified atom stereocenters. The number of nitrogens with zero attached hydrogens (tertiary/aromatic N) is 2. The summed E-state index contributed by atoms with van der Waals surface area (Å²) in [5, 5.41) is 2.01. The standard InChI is InChI=1S/C20H20ClNO4S.C16H16ClNO3S.I2.HI/c1-3-6-17(23)26-18-11-13-12-22(10-9-16(13)27-18)19(20(24)25-2)14-7-4-5-8-15(14)21;1-21-16(20)15(11-4-2-3-5-12(11)17)18-7-6-13-10(9-18)8-14(19)22-13;1-2;/h3-8,11,19H,9-10,12H2,1-2H3;2-5,8,13,15H,6-7,9H2,1H3;;1H/b6-3+;;;/t19-;13?,15-;;/m00../s1. The molecule has 280 valence electrons. The molecule has 4 heterocycles. The van der Waals surface area contributed by atoms with Crippen LogP contribution in [0.1, 0.15) is 47.0 Å². The van der Waals surface area contributed by atoms with Crippen molar-refractivity contribution >= 4 is 131 Å². The molecule has 52 heavy (non-hydrogen) atoms. The van der Waals surface area contributed by atoms with Crippen molar-refractivity contribution in [2.75, 3.05) is 33.9 Å². The number of allylic oxidation sites excluding steroid dienone is 1. The van der Waals surface area contributed by atoms with Gasteiger partial charge in [0.15, 0.2) is 5.06 Å². The highest BCUT2D eigenvalue weighted by atomic mass is 128. The monoisotopic (exact) mass is 1120 g/mol. The third-order valence-electron chi connectivity index (χ3n) is 8.40. The molecule has 9 nitrogen and oxygen atoms in total. The predicted molar refractivity (Wildman–Crippen MR) is 235 cm³/mol. The second kappa shape index (κ2) is 22.3. The smallest absolute Gasteiger partial charge is 0.336 e. The fourth-order valence-corrected chi connectivity index (χ4v) is 8.64. The fraction of sp³-hybridized carbons (Fsp3) is 0.333. The first-order chi connectivity index (χ1) is 24.6. The third kappa shape index (κ3) is 11.6. The van der Waals surface area contributed by atoms with Crippen LogP contribution >= 0.6 is 108 Å². The number of hydrogen-bond donors (Lipinski definition) is 0. The van der Waals surface area contributed by atoms with Crippen molar-refractivity contribution in [3.63, 3.8) is 0 Å². The lowest BCUT2D eigenvalue weighted by Crippen LogP contribution is -2.42. The van der Waals surface area contributed by atoms with Gasteiger partial charge < -0.3 is 14.2 Å². The molecule has 0 saturated carbocycles. The van der Waals surface area contributed by atoms with E-state index in [0.717, 1.165) is 46.5 Å². The van der Waals surface area contributed by atoms with Crippen molar-refractivity contribution in [3.05, 3.63) is 110 Å². The Kier molecular flexibility index (Phi) is 19.4. The number of halogens is 5. The van der Waals surface area contributed by atoms with Crippen LogP contribution in [0.5, 0.6) is 5.06 Å². The number of thiophene rings is 1. The Morgan fingerprint density at radius 2 is 1.46 bits per heavy atom.